The van der Waals surface area contributed by atoms with Crippen molar-refractivity contribution in [3.63, 3.8) is 0 Å². The third-order valence-corrected chi connectivity index (χ3v) is 10.9. The molecule has 0 amide bonds. The molecule has 4 atom stereocenters. The van der Waals surface area contributed by atoms with Crippen LogP contribution < -0.4 is 10.2 Å². The van der Waals surface area contributed by atoms with Gasteiger partial charge in [-0.3, -0.25) is 9.97 Å². The summed E-state index contributed by atoms with van der Waals surface area (Å²) in [6.07, 6.45) is 5.02. The van der Waals surface area contributed by atoms with E-state index >= 15 is 0 Å². The Morgan fingerprint density at radius 2 is 0.937 bits per heavy atom. The molecule has 63 heavy (non-hydrogen) atoms. The number of aliphatic hydroxyl groups excluding tert-OH is 4. The molecular formula is C50H46CaF2N2O8. The summed E-state index contributed by atoms with van der Waals surface area (Å²) in [4.78, 5) is 31.0. The molecule has 4 aromatic carbocycles. The number of halogens is 2. The molecule has 0 bridgehead atoms. The van der Waals surface area contributed by atoms with Crippen molar-refractivity contribution in [3.8, 4) is 22.3 Å². The van der Waals surface area contributed by atoms with Crippen LogP contribution in [0.15, 0.2) is 109 Å². The molecule has 2 aliphatic rings. The van der Waals surface area contributed by atoms with Gasteiger partial charge in [-0.15, -0.1) is 0 Å². The first-order valence-corrected chi connectivity index (χ1v) is 20.7. The second kappa shape index (κ2) is 21.6. The molecule has 8 rings (SSSR count). The minimum absolute atomic E-state index is 0. The SMILES string of the molecule is O=C([O-])CC(O)CC(O)/C=C/c1c(C2CC2)nc2ccccc2c1-c1ccc(F)cc1.O=C([O-])CC(O)CC(O)/C=C/c1c(C2CC2)nc2ccccc2c1-c1ccc(F)cc1.[Ca+2]. The first-order chi connectivity index (χ1) is 29.8. The molecule has 2 saturated carbocycles. The fourth-order valence-electron chi connectivity index (χ4n) is 7.70. The molecule has 2 fully saturated rings. The van der Waals surface area contributed by atoms with Crippen LogP contribution in [0.3, 0.4) is 0 Å². The summed E-state index contributed by atoms with van der Waals surface area (Å²) in [7, 11) is 0. The molecule has 10 nitrogen and oxygen atoms in total. The second-order valence-corrected chi connectivity index (χ2v) is 16.0. The molecule has 0 aliphatic heterocycles. The van der Waals surface area contributed by atoms with Crippen LogP contribution in [0, 0.1) is 11.6 Å². The summed E-state index contributed by atoms with van der Waals surface area (Å²) in [5, 5.41) is 63.3. The number of carboxylic acids is 2. The number of aliphatic carboxylic acids is 2. The van der Waals surface area contributed by atoms with Gasteiger partial charge in [-0.2, -0.15) is 0 Å². The maximum Gasteiger partial charge on any atom is 2.00 e. The first-order valence-electron chi connectivity index (χ1n) is 20.7. The zero-order chi connectivity index (χ0) is 43.9. The minimum Gasteiger partial charge on any atom is -0.550 e. The molecule has 4 N–H and O–H groups in total. The van der Waals surface area contributed by atoms with E-state index in [2.05, 4.69) is 0 Å². The van der Waals surface area contributed by atoms with Crippen molar-refractivity contribution in [2.45, 2.75) is 87.6 Å². The van der Waals surface area contributed by atoms with E-state index in [4.69, 9.17) is 9.97 Å². The van der Waals surface area contributed by atoms with Crippen molar-refractivity contribution in [2.24, 2.45) is 0 Å². The molecular weight excluding hydrogens is 835 g/mol. The van der Waals surface area contributed by atoms with E-state index < -0.39 is 49.2 Å². The number of carboxylic acid groups (broad SMARTS) is 2. The maximum absolute atomic E-state index is 13.6. The maximum atomic E-state index is 13.6. The van der Waals surface area contributed by atoms with Crippen LogP contribution in [0.5, 0.6) is 0 Å². The predicted octanol–water partition coefficient (Wildman–Crippen LogP) is 5.99. The summed E-state index contributed by atoms with van der Waals surface area (Å²) >= 11 is 0. The number of hydrogen-bond acceptors (Lipinski definition) is 10. The van der Waals surface area contributed by atoms with Gasteiger partial charge < -0.3 is 40.2 Å². The Bertz CT molecular complexity index is 2430. The molecule has 4 unspecified atom stereocenters. The van der Waals surface area contributed by atoms with Crippen molar-refractivity contribution < 1.29 is 49.0 Å². The second-order valence-electron chi connectivity index (χ2n) is 16.0. The average Bonchev–Trinajstić information content (AvgIpc) is 4.17. The van der Waals surface area contributed by atoms with E-state index in [1.54, 1.807) is 48.6 Å². The number of aromatic nitrogens is 2. The molecule has 2 aliphatic carbocycles. The van der Waals surface area contributed by atoms with Gasteiger partial charge in [0.2, 0.25) is 0 Å². The quantitative estimate of drug-likeness (QED) is 0.0843. The third kappa shape index (κ3) is 12.6. The van der Waals surface area contributed by atoms with Crippen molar-refractivity contribution in [2.75, 3.05) is 0 Å². The number of benzene rings is 4. The predicted molar refractivity (Wildman–Crippen MR) is 235 cm³/mol. The molecule has 0 saturated heterocycles. The van der Waals surface area contributed by atoms with Crippen molar-refractivity contribution >= 4 is 83.6 Å². The van der Waals surface area contributed by atoms with E-state index in [9.17, 15) is 49.0 Å². The molecule has 6 aromatic rings. The molecule has 0 spiro atoms. The van der Waals surface area contributed by atoms with Crippen LogP contribution in [-0.4, -0.2) is 104 Å². The first kappa shape index (κ1) is 47.6. The standard InChI is InChI=1S/2C25H24FNO4.Ca/c2*26-17-9-7-15(8-10-17)24-20-3-1-2-4-22(20)27-25(16-5-6-16)21(24)12-11-18(28)13-19(29)14-23(30)31;/h2*1-4,7-12,16,18-19,28-29H,5-6,13-14H2,(H,30,31);/q;;+2/p-2/b2*12-11+;. The number of pyridine rings is 2. The monoisotopic (exact) mass is 880 g/mol. The van der Waals surface area contributed by atoms with E-state index in [0.29, 0.717) is 11.8 Å². The summed E-state index contributed by atoms with van der Waals surface area (Å²) < 4.78 is 27.1. The van der Waals surface area contributed by atoms with E-state index in [-0.39, 0.29) is 62.2 Å². The Morgan fingerprint density at radius 3 is 1.27 bits per heavy atom. The Balaban J connectivity index is 0.000000206. The van der Waals surface area contributed by atoms with Gasteiger partial charge >= 0.3 is 37.7 Å². The molecule has 2 heterocycles. The van der Waals surface area contributed by atoms with Gasteiger partial charge in [-0.05, 0) is 73.2 Å². The van der Waals surface area contributed by atoms with Gasteiger partial charge in [-0.1, -0.05) is 85.0 Å². The topological polar surface area (TPSA) is 187 Å². The number of nitrogens with zero attached hydrogens (tertiary/aromatic N) is 2. The molecule has 13 heteroatoms. The number of carbonyl (C=O) groups is 2. The van der Waals surface area contributed by atoms with Crippen LogP contribution >= 0.6 is 0 Å². The van der Waals surface area contributed by atoms with Gasteiger partial charge in [0.1, 0.15) is 11.6 Å². The van der Waals surface area contributed by atoms with Gasteiger partial charge in [0, 0.05) is 82.5 Å². The summed E-state index contributed by atoms with van der Waals surface area (Å²) in [5.41, 5.74) is 8.76. The zero-order valence-corrected chi connectivity index (χ0v) is 36.7. The van der Waals surface area contributed by atoms with Crippen LogP contribution in [0.4, 0.5) is 8.78 Å². The van der Waals surface area contributed by atoms with Crippen LogP contribution in [0.2, 0.25) is 0 Å². The van der Waals surface area contributed by atoms with Crippen molar-refractivity contribution in [1.29, 1.82) is 0 Å². The van der Waals surface area contributed by atoms with Gasteiger partial charge in [-0.25, -0.2) is 8.78 Å². The normalized spacial score (nSPS) is 15.7. The Morgan fingerprint density at radius 1 is 0.587 bits per heavy atom. The average molecular weight is 881 g/mol. The largest absolute Gasteiger partial charge is 2.00 e. The number of aliphatic hydroxyl groups is 4. The molecule has 0 radical (unpaired) electrons. The number of carbonyl (C=O) groups excluding carboxylic acids is 2. The summed E-state index contributed by atoms with van der Waals surface area (Å²) in [6.45, 7) is 0. The molecule has 2 aromatic heterocycles. The van der Waals surface area contributed by atoms with Gasteiger partial charge in [0.15, 0.2) is 0 Å². The Labute approximate surface area is 393 Å². The molecule has 320 valence electrons. The Hall–Kier alpha value is -4.92. The van der Waals surface area contributed by atoms with E-state index in [1.165, 1.54) is 24.3 Å². The van der Waals surface area contributed by atoms with Gasteiger partial charge in [0.25, 0.3) is 0 Å². The number of hydrogen-bond donors (Lipinski definition) is 4. The number of rotatable bonds is 16. The fraction of sp³-hybridized carbons (Fsp3) is 0.280. The van der Waals surface area contributed by atoms with E-state index in [0.717, 1.165) is 92.3 Å². The summed E-state index contributed by atoms with van der Waals surface area (Å²) in [5.74, 6) is -2.72. The minimum atomic E-state index is -1.36. The fourth-order valence-corrected chi connectivity index (χ4v) is 7.70. The zero-order valence-electron chi connectivity index (χ0n) is 34.4. The summed E-state index contributed by atoms with van der Waals surface area (Å²) in [6, 6.07) is 28.1. The van der Waals surface area contributed by atoms with Crippen LogP contribution in [-0.2, 0) is 9.59 Å². The smallest absolute Gasteiger partial charge is 0.550 e. The van der Waals surface area contributed by atoms with E-state index in [1.807, 2.05) is 48.5 Å². The van der Waals surface area contributed by atoms with Crippen LogP contribution in [0.25, 0.3) is 56.2 Å². The van der Waals surface area contributed by atoms with Crippen molar-refractivity contribution in [3.05, 3.63) is 143 Å². The van der Waals surface area contributed by atoms with Crippen LogP contribution in [0.1, 0.15) is 85.7 Å². The Kier molecular flexibility index (Phi) is 16.3. The third-order valence-electron chi connectivity index (χ3n) is 10.9. The number of para-hydroxylation sites is 2. The number of fused-ring (bicyclic) bond motifs is 2. The van der Waals surface area contributed by atoms with Gasteiger partial charge in [0.05, 0.1) is 46.8 Å². The van der Waals surface area contributed by atoms with Crippen molar-refractivity contribution in [1.82, 2.24) is 9.97 Å².